The lowest BCUT2D eigenvalue weighted by Gasteiger charge is -2.54. The van der Waals surface area contributed by atoms with Crippen LogP contribution in [0.25, 0.3) is 0 Å². The van der Waals surface area contributed by atoms with Crippen LogP contribution in [0.3, 0.4) is 0 Å². The molecule has 0 amide bonds. The van der Waals surface area contributed by atoms with E-state index in [2.05, 4.69) is 0 Å². The number of rotatable bonds is 4. The fourth-order valence-electron chi connectivity index (χ4n) is 6.93. The second kappa shape index (κ2) is 7.77. The summed E-state index contributed by atoms with van der Waals surface area (Å²) in [5, 5.41) is 40.8. The van der Waals surface area contributed by atoms with Crippen LogP contribution < -0.4 is 0 Å². The molecule has 29 heavy (non-hydrogen) atoms. The quantitative estimate of drug-likeness (QED) is 0.598. The summed E-state index contributed by atoms with van der Waals surface area (Å²) < 4.78 is 5.74. The van der Waals surface area contributed by atoms with E-state index in [0.717, 1.165) is 46.2 Å². The zero-order valence-electron chi connectivity index (χ0n) is 16.5. The van der Waals surface area contributed by atoms with Crippen molar-refractivity contribution in [3.8, 4) is 0 Å². The van der Waals surface area contributed by atoms with E-state index in [1.54, 1.807) is 6.07 Å². The normalized spacial score (nSPS) is 46.2. The molecule has 160 valence electrons. The van der Waals surface area contributed by atoms with E-state index in [1.165, 1.54) is 32.1 Å². The highest BCUT2D eigenvalue weighted by molar-refractivity contribution is 6.31. The number of hydrogen-bond donors (Lipinski definition) is 4. The minimum atomic E-state index is -1.37. The van der Waals surface area contributed by atoms with Crippen molar-refractivity contribution in [3.63, 3.8) is 0 Å². The van der Waals surface area contributed by atoms with Gasteiger partial charge in [0.1, 0.15) is 30.5 Å². The highest BCUT2D eigenvalue weighted by Gasteiger charge is 2.48. The molecule has 1 aliphatic heterocycles. The highest BCUT2D eigenvalue weighted by Crippen LogP contribution is 2.57. The van der Waals surface area contributed by atoms with Gasteiger partial charge in [0, 0.05) is 5.02 Å². The predicted molar refractivity (Wildman–Crippen MR) is 108 cm³/mol. The zero-order valence-corrected chi connectivity index (χ0v) is 17.3. The molecule has 1 heterocycles. The van der Waals surface area contributed by atoms with E-state index >= 15 is 0 Å². The van der Waals surface area contributed by atoms with Crippen LogP contribution in [0, 0.1) is 29.6 Å². The number of benzene rings is 1. The lowest BCUT2D eigenvalue weighted by Crippen LogP contribution is -2.55. The van der Waals surface area contributed by atoms with Gasteiger partial charge in [-0.05, 0) is 85.3 Å². The summed E-state index contributed by atoms with van der Waals surface area (Å²) in [7, 11) is 0. The van der Waals surface area contributed by atoms with Crippen LogP contribution in [-0.4, -0.2) is 51.4 Å². The van der Waals surface area contributed by atoms with Crippen LogP contribution in [0.1, 0.15) is 49.3 Å². The zero-order chi connectivity index (χ0) is 20.3. The molecule has 0 aromatic heterocycles. The molecule has 5 fully saturated rings. The molecule has 6 heteroatoms. The van der Waals surface area contributed by atoms with Crippen molar-refractivity contribution in [2.75, 3.05) is 6.61 Å². The summed E-state index contributed by atoms with van der Waals surface area (Å²) in [4.78, 5) is 0. The Kier molecular flexibility index (Phi) is 5.42. The lowest BCUT2D eigenvalue weighted by atomic mass is 9.51. The van der Waals surface area contributed by atoms with Gasteiger partial charge in [0.15, 0.2) is 0 Å². The Labute approximate surface area is 176 Å². The van der Waals surface area contributed by atoms with Gasteiger partial charge in [-0.2, -0.15) is 0 Å². The Morgan fingerprint density at radius 3 is 2.17 bits per heavy atom. The molecule has 4 N–H and O–H groups in total. The van der Waals surface area contributed by atoms with Crippen LogP contribution in [0.15, 0.2) is 18.2 Å². The van der Waals surface area contributed by atoms with Gasteiger partial charge in [-0.25, -0.2) is 0 Å². The van der Waals surface area contributed by atoms with E-state index in [-0.39, 0.29) is 0 Å². The maximum absolute atomic E-state index is 10.5. The topological polar surface area (TPSA) is 90.2 Å². The smallest absolute Gasteiger partial charge is 0.113 e. The average Bonchev–Trinajstić information content (AvgIpc) is 2.70. The molecule has 4 saturated carbocycles. The van der Waals surface area contributed by atoms with Crippen LogP contribution >= 0.6 is 11.6 Å². The third-order valence-electron chi connectivity index (χ3n) is 8.17. The first-order valence-corrected chi connectivity index (χ1v) is 11.4. The van der Waals surface area contributed by atoms with Crippen molar-refractivity contribution < 1.29 is 25.2 Å². The summed E-state index contributed by atoms with van der Waals surface area (Å²) in [6, 6.07) is 5.62. The molecule has 5 aliphatic rings. The van der Waals surface area contributed by atoms with Crippen molar-refractivity contribution >= 4 is 11.6 Å². The summed E-state index contributed by atoms with van der Waals surface area (Å²) >= 11 is 6.56. The van der Waals surface area contributed by atoms with Crippen molar-refractivity contribution in [1.29, 1.82) is 0 Å². The second-order valence-electron chi connectivity index (χ2n) is 9.90. The van der Waals surface area contributed by atoms with Crippen molar-refractivity contribution in [3.05, 3.63) is 34.3 Å². The van der Waals surface area contributed by atoms with Crippen molar-refractivity contribution in [1.82, 2.24) is 0 Å². The second-order valence-corrected chi connectivity index (χ2v) is 10.3. The summed E-state index contributed by atoms with van der Waals surface area (Å²) in [6.45, 7) is -0.421. The van der Waals surface area contributed by atoms with Crippen molar-refractivity contribution in [2.45, 2.75) is 69.0 Å². The van der Waals surface area contributed by atoms with Crippen LogP contribution in [0.5, 0.6) is 0 Å². The standard InChI is InChI=1S/C23H31ClO5/c24-18-2-1-13(23-22(28)21(27)20(26)19(10-25)29-23)8-16(18)9-17-14-4-11-3-12(6-14)7-15(17)5-11/h1-2,8,11-12,14-15,17,19-23,25-28H,3-7,9-10H2/t11?,12?,14?,15?,17?,19-,20-,21+,22-,23+/m1/s1. The molecule has 1 aromatic rings. The summed E-state index contributed by atoms with van der Waals surface area (Å²) in [5.74, 6) is 4.15. The highest BCUT2D eigenvalue weighted by atomic mass is 35.5. The van der Waals surface area contributed by atoms with Crippen LogP contribution in [0.4, 0.5) is 0 Å². The molecule has 5 nitrogen and oxygen atoms in total. The molecular formula is C23H31ClO5. The lowest BCUT2D eigenvalue weighted by molar-refractivity contribution is -0.231. The van der Waals surface area contributed by atoms with Gasteiger partial charge in [0.25, 0.3) is 0 Å². The van der Waals surface area contributed by atoms with Gasteiger partial charge in [0.2, 0.25) is 0 Å². The maximum Gasteiger partial charge on any atom is 0.113 e. The molecule has 0 spiro atoms. The Morgan fingerprint density at radius 1 is 0.897 bits per heavy atom. The molecule has 6 rings (SSSR count). The third-order valence-corrected chi connectivity index (χ3v) is 8.54. The summed E-state index contributed by atoms with van der Waals surface area (Å²) in [6.07, 6.45) is 2.16. The van der Waals surface area contributed by atoms with Gasteiger partial charge < -0.3 is 25.2 Å². The minimum Gasteiger partial charge on any atom is -0.394 e. The number of aliphatic hydroxyl groups excluding tert-OH is 4. The number of aliphatic hydroxyl groups is 4. The van der Waals surface area contributed by atoms with Gasteiger partial charge in [-0.1, -0.05) is 23.7 Å². The fourth-order valence-corrected chi connectivity index (χ4v) is 7.13. The van der Waals surface area contributed by atoms with Gasteiger partial charge >= 0.3 is 0 Å². The largest absolute Gasteiger partial charge is 0.394 e. The molecule has 4 aliphatic carbocycles. The van der Waals surface area contributed by atoms with Gasteiger partial charge in [-0.15, -0.1) is 0 Å². The first kappa shape index (κ1) is 20.2. The SMILES string of the molecule is OC[C@H]1O[C@@H](c2ccc(Cl)c(CC3C4CC5CC(C4)CC3C5)c2)[C@H](O)[C@@H](O)[C@@H]1O. The molecule has 4 bridgehead atoms. The number of halogens is 1. The minimum absolute atomic E-state index is 0.421. The molecular weight excluding hydrogens is 392 g/mol. The monoisotopic (exact) mass is 422 g/mol. The molecule has 0 radical (unpaired) electrons. The van der Waals surface area contributed by atoms with Crippen molar-refractivity contribution in [2.24, 2.45) is 29.6 Å². The third kappa shape index (κ3) is 3.54. The maximum atomic E-state index is 10.5. The van der Waals surface area contributed by atoms with E-state index < -0.39 is 37.1 Å². The Hall–Kier alpha value is -0.690. The molecule has 1 aromatic carbocycles. The fraction of sp³-hybridized carbons (Fsp3) is 0.739. The van der Waals surface area contributed by atoms with Crippen LogP contribution in [-0.2, 0) is 11.2 Å². The van der Waals surface area contributed by atoms with E-state index in [9.17, 15) is 20.4 Å². The summed E-state index contributed by atoms with van der Waals surface area (Å²) in [5.41, 5.74) is 1.80. The predicted octanol–water partition coefficient (Wildman–Crippen LogP) is 2.47. The Morgan fingerprint density at radius 2 is 1.55 bits per heavy atom. The molecule has 5 atom stereocenters. The Balaban J connectivity index is 1.38. The van der Waals surface area contributed by atoms with Gasteiger partial charge in [0.05, 0.1) is 6.61 Å². The van der Waals surface area contributed by atoms with E-state index in [1.807, 2.05) is 12.1 Å². The molecule has 0 unspecified atom stereocenters. The number of ether oxygens (including phenoxy) is 1. The number of hydrogen-bond acceptors (Lipinski definition) is 5. The van der Waals surface area contributed by atoms with E-state index in [4.69, 9.17) is 16.3 Å². The van der Waals surface area contributed by atoms with Crippen LogP contribution in [0.2, 0.25) is 5.02 Å². The van der Waals surface area contributed by atoms with Gasteiger partial charge in [-0.3, -0.25) is 0 Å². The average molecular weight is 423 g/mol. The van der Waals surface area contributed by atoms with E-state index in [0.29, 0.717) is 5.92 Å². The first-order chi connectivity index (χ1) is 13.9. The first-order valence-electron chi connectivity index (χ1n) is 11.0. The molecule has 1 saturated heterocycles. The Bertz CT molecular complexity index is 725.